The molecule has 1 atom stereocenters. The number of alkyl halides is 3. The zero-order valence-electron chi connectivity index (χ0n) is 16.3. The van der Waals surface area contributed by atoms with Gasteiger partial charge in [0, 0.05) is 25.9 Å². The van der Waals surface area contributed by atoms with Crippen LogP contribution in [0, 0.1) is 5.92 Å². The summed E-state index contributed by atoms with van der Waals surface area (Å²) in [6.45, 7) is 5.66. The monoisotopic (exact) mass is 518 g/mol. The summed E-state index contributed by atoms with van der Waals surface area (Å²) in [6.07, 6.45) is -0.553. The predicted octanol–water partition coefficient (Wildman–Crippen LogP) is 3.45. The third-order valence-corrected chi connectivity index (χ3v) is 3.80. The van der Waals surface area contributed by atoms with Crippen LogP contribution in [0.15, 0.2) is 23.3 Å². The van der Waals surface area contributed by atoms with Crippen LogP contribution < -0.4 is 15.4 Å². The molecule has 0 amide bonds. The van der Waals surface area contributed by atoms with Crippen molar-refractivity contribution in [2.24, 2.45) is 10.9 Å². The highest BCUT2D eigenvalue weighted by Gasteiger charge is 2.34. The molecular formula is C18H30F3IN4O2. The van der Waals surface area contributed by atoms with Crippen molar-refractivity contribution in [1.29, 1.82) is 0 Å². The van der Waals surface area contributed by atoms with E-state index in [4.69, 9.17) is 9.84 Å². The number of halogens is 4. The lowest BCUT2D eigenvalue weighted by Crippen LogP contribution is -2.39. The highest BCUT2D eigenvalue weighted by Crippen LogP contribution is 2.34. The number of hydrogen-bond donors (Lipinski definition) is 3. The minimum Gasteiger partial charge on any atom is -0.475 e. The fraction of sp³-hybridized carbons (Fsp3) is 0.667. The lowest BCUT2D eigenvalue weighted by Gasteiger charge is -2.16. The van der Waals surface area contributed by atoms with Crippen molar-refractivity contribution in [3.63, 3.8) is 0 Å². The number of aliphatic hydroxyl groups excluding tert-OH is 1. The normalized spacial score (nSPS) is 12.9. The average molecular weight is 518 g/mol. The molecule has 0 fully saturated rings. The van der Waals surface area contributed by atoms with Crippen molar-refractivity contribution in [3.8, 4) is 5.88 Å². The third-order valence-electron chi connectivity index (χ3n) is 3.80. The second-order valence-corrected chi connectivity index (χ2v) is 6.02. The molecule has 0 aliphatic rings. The fourth-order valence-electron chi connectivity index (χ4n) is 2.52. The molecule has 1 aromatic rings. The summed E-state index contributed by atoms with van der Waals surface area (Å²) in [5, 5.41) is 15.2. The Hall–Kier alpha value is -1.30. The molecule has 162 valence electrons. The standard InChI is InChI=1S/C18H29F3N4O2.HI/c1-3-6-14(8-11-26)13-25-17(22-4-2)24-10-12-27-16-15(18(19,20)21)7-5-9-23-16;/h5,7,9,14,26H,3-4,6,8,10-13H2,1-2H3,(H2,22,24,25);1H. The number of rotatable bonds is 11. The van der Waals surface area contributed by atoms with Crippen molar-refractivity contribution in [3.05, 3.63) is 23.9 Å². The second-order valence-electron chi connectivity index (χ2n) is 6.02. The number of nitrogens with zero attached hydrogens (tertiary/aromatic N) is 2. The minimum atomic E-state index is -4.51. The van der Waals surface area contributed by atoms with Gasteiger partial charge in [-0.15, -0.1) is 24.0 Å². The Morgan fingerprint density at radius 2 is 2.04 bits per heavy atom. The van der Waals surface area contributed by atoms with Gasteiger partial charge in [-0.25, -0.2) is 4.98 Å². The van der Waals surface area contributed by atoms with Gasteiger partial charge in [0.2, 0.25) is 5.88 Å². The number of aliphatic hydroxyl groups is 1. The van der Waals surface area contributed by atoms with Crippen LogP contribution in [0.5, 0.6) is 5.88 Å². The van der Waals surface area contributed by atoms with Crippen molar-refractivity contribution >= 4 is 29.9 Å². The fourth-order valence-corrected chi connectivity index (χ4v) is 2.52. The van der Waals surface area contributed by atoms with Crippen LogP contribution in [0.2, 0.25) is 0 Å². The van der Waals surface area contributed by atoms with Crippen LogP contribution in [0.25, 0.3) is 0 Å². The van der Waals surface area contributed by atoms with E-state index in [1.807, 2.05) is 6.92 Å². The molecular weight excluding hydrogens is 488 g/mol. The summed E-state index contributed by atoms with van der Waals surface area (Å²) in [4.78, 5) is 8.14. The molecule has 0 saturated carbocycles. The van der Waals surface area contributed by atoms with E-state index in [2.05, 4.69) is 27.5 Å². The van der Waals surface area contributed by atoms with E-state index in [1.54, 1.807) is 0 Å². The Labute approximate surface area is 181 Å². The SMILES string of the molecule is CCCC(CCO)CN=C(NCC)NCCOc1ncccc1C(F)(F)F.I. The van der Waals surface area contributed by atoms with Gasteiger partial charge in [-0.1, -0.05) is 13.3 Å². The van der Waals surface area contributed by atoms with Crippen LogP contribution in [-0.4, -0.2) is 48.9 Å². The number of aromatic nitrogens is 1. The van der Waals surface area contributed by atoms with Gasteiger partial charge in [-0.05, 0) is 37.8 Å². The molecule has 0 bridgehead atoms. The lowest BCUT2D eigenvalue weighted by atomic mass is 10.0. The molecule has 0 aromatic carbocycles. The zero-order chi connectivity index (χ0) is 20.1. The van der Waals surface area contributed by atoms with Crippen LogP contribution in [0.1, 0.15) is 38.7 Å². The number of nitrogens with one attached hydrogen (secondary N) is 2. The predicted molar refractivity (Wildman–Crippen MR) is 114 cm³/mol. The lowest BCUT2D eigenvalue weighted by molar-refractivity contribution is -0.139. The highest BCUT2D eigenvalue weighted by atomic mass is 127. The first-order chi connectivity index (χ1) is 12.9. The first-order valence-corrected chi connectivity index (χ1v) is 9.20. The molecule has 0 aliphatic carbocycles. The van der Waals surface area contributed by atoms with Gasteiger partial charge in [0.05, 0.1) is 6.54 Å². The van der Waals surface area contributed by atoms with E-state index in [0.29, 0.717) is 31.4 Å². The number of aliphatic imine (C=N–C) groups is 1. The highest BCUT2D eigenvalue weighted by molar-refractivity contribution is 14.0. The van der Waals surface area contributed by atoms with Gasteiger partial charge < -0.3 is 20.5 Å². The second kappa shape index (κ2) is 14.7. The van der Waals surface area contributed by atoms with Gasteiger partial charge in [0.25, 0.3) is 0 Å². The molecule has 0 saturated heterocycles. The van der Waals surface area contributed by atoms with E-state index in [1.165, 1.54) is 12.3 Å². The minimum absolute atomic E-state index is 0. The third kappa shape index (κ3) is 10.3. The summed E-state index contributed by atoms with van der Waals surface area (Å²) < 4.78 is 43.9. The Bertz CT molecular complexity index is 568. The number of pyridine rings is 1. The maximum atomic E-state index is 12.9. The molecule has 10 heteroatoms. The molecule has 1 rings (SSSR count). The maximum Gasteiger partial charge on any atom is 0.421 e. The van der Waals surface area contributed by atoms with Gasteiger partial charge >= 0.3 is 6.18 Å². The van der Waals surface area contributed by atoms with Crippen molar-refractivity contribution in [2.45, 2.75) is 39.3 Å². The Morgan fingerprint density at radius 1 is 1.29 bits per heavy atom. The summed E-state index contributed by atoms with van der Waals surface area (Å²) >= 11 is 0. The zero-order valence-corrected chi connectivity index (χ0v) is 18.6. The van der Waals surface area contributed by atoms with E-state index in [9.17, 15) is 13.2 Å². The molecule has 0 radical (unpaired) electrons. The summed E-state index contributed by atoms with van der Waals surface area (Å²) in [7, 11) is 0. The van der Waals surface area contributed by atoms with Crippen molar-refractivity contribution < 1.29 is 23.0 Å². The Morgan fingerprint density at radius 3 is 2.64 bits per heavy atom. The van der Waals surface area contributed by atoms with E-state index >= 15 is 0 Å². The topological polar surface area (TPSA) is 78.8 Å². The van der Waals surface area contributed by atoms with E-state index < -0.39 is 17.6 Å². The summed E-state index contributed by atoms with van der Waals surface area (Å²) in [5.74, 6) is 0.437. The number of ether oxygens (including phenoxy) is 1. The molecule has 1 heterocycles. The Kier molecular flexibility index (Phi) is 14.0. The molecule has 3 N–H and O–H groups in total. The van der Waals surface area contributed by atoms with Gasteiger partial charge in [-0.2, -0.15) is 13.2 Å². The van der Waals surface area contributed by atoms with Gasteiger partial charge in [0.1, 0.15) is 12.2 Å². The van der Waals surface area contributed by atoms with Crippen LogP contribution in [0.3, 0.4) is 0 Å². The van der Waals surface area contributed by atoms with Gasteiger partial charge in [0.15, 0.2) is 5.96 Å². The average Bonchev–Trinajstić information content (AvgIpc) is 2.62. The van der Waals surface area contributed by atoms with E-state index in [0.717, 1.165) is 18.9 Å². The first-order valence-electron chi connectivity index (χ1n) is 9.20. The first kappa shape index (κ1) is 26.7. The van der Waals surface area contributed by atoms with Crippen LogP contribution in [0.4, 0.5) is 13.2 Å². The maximum absolute atomic E-state index is 12.9. The van der Waals surface area contributed by atoms with Crippen molar-refractivity contribution in [2.75, 3.05) is 32.8 Å². The molecule has 0 spiro atoms. The summed E-state index contributed by atoms with van der Waals surface area (Å²) in [6, 6.07) is 2.17. The molecule has 0 aliphatic heterocycles. The van der Waals surface area contributed by atoms with Crippen LogP contribution >= 0.6 is 24.0 Å². The van der Waals surface area contributed by atoms with Crippen LogP contribution in [-0.2, 0) is 6.18 Å². The van der Waals surface area contributed by atoms with E-state index in [-0.39, 0.29) is 43.7 Å². The molecule has 28 heavy (non-hydrogen) atoms. The quantitative estimate of drug-likeness (QED) is 0.181. The molecule has 1 unspecified atom stereocenters. The smallest absolute Gasteiger partial charge is 0.421 e. The van der Waals surface area contributed by atoms with Gasteiger partial charge in [-0.3, -0.25) is 4.99 Å². The largest absolute Gasteiger partial charge is 0.475 e. The summed E-state index contributed by atoms with van der Waals surface area (Å²) in [5.41, 5.74) is -0.892. The Balaban J connectivity index is 0.00000729. The van der Waals surface area contributed by atoms with Crippen molar-refractivity contribution in [1.82, 2.24) is 15.6 Å². The molecule has 6 nitrogen and oxygen atoms in total. The number of guanidine groups is 1. The molecule has 1 aromatic heterocycles. The number of hydrogen-bond acceptors (Lipinski definition) is 4.